The molecule has 91 valence electrons. The van der Waals surface area contributed by atoms with E-state index < -0.39 is 0 Å². The first-order valence-corrected chi connectivity index (χ1v) is 6.72. The van der Waals surface area contributed by atoms with Crippen LogP contribution in [0.4, 0.5) is 0 Å². The SMILES string of the molecule is [CH2]C(CCl)n1c(CCl)nc2cc(CC)ccc21. The number of rotatable bonds is 4. The van der Waals surface area contributed by atoms with Crippen LogP contribution in [0, 0.1) is 6.92 Å². The first-order valence-electron chi connectivity index (χ1n) is 5.66. The molecule has 2 rings (SSSR count). The van der Waals surface area contributed by atoms with Crippen LogP contribution in [0.1, 0.15) is 24.4 Å². The average molecular weight is 270 g/mol. The highest BCUT2D eigenvalue weighted by molar-refractivity contribution is 6.18. The monoisotopic (exact) mass is 269 g/mol. The molecule has 1 aromatic carbocycles. The maximum absolute atomic E-state index is 5.92. The van der Waals surface area contributed by atoms with Gasteiger partial charge in [-0.05, 0) is 31.0 Å². The van der Waals surface area contributed by atoms with Gasteiger partial charge in [0.1, 0.15) is 5.82 Å². The summed E-state index contributed by atoms with van der Waals surface area (Å²) in [4.78, 5) is 4.54. The molecule has 1 unspecified atom stereocenters. The Morgan fingerprint density at radius 1 is 1.41 bits per heavy atom. The van der Waals surface area contributed by atoms with Gasteiger partial charge in [0.25, 0.3) is 0 Å². The molecule has 0 spiro atoms. The minimum atomic E-state index is -0.0390. The van der Waals surface area contributed by atoms with Crippen molar-refractivity contribution < 1.29 is 0 Å². The van der Waals surface area contributed by atoms with E-state index in [-0.39, 0.29) is 6.04 Å². The summed E-state index contributed by atoms with van der Waals surface area (Å²) in [5.41, 5.74) is 3.30. The number of hydrogen-bond donors (Lipinski definition) is 0. The van der Waals surface area contributed by atoms with Gasteiger partial charge in [0.05, 0.1) is 16.9 Å². The second-order valence-electron chi connectivity index (χ2n) is 4.02. The maximum Gasteiger partial charge on any atom is 0.125 e. The van der Waals surface area contributed by atoms with E-state index in [1.807, 2.05) is 4.57 Å². The van der Waals surface area contributed by atoms with Crippen LogP contribution in [-0.4, -0.2) is 15.4 Å². The van der Waals surface area contributed by atoms with Crippen molar-refractivity contribution in [1.82, 2.24) is 9.55 Å². The van der Waals surface area contributed by atoms with E-state index in [0.29, 0.717) is 11.8 Å². The second kappa shape index (κ2) is 5.28. The lowest BCUT2D eigenvalue weighted by atomic mass is 10.1. The van der Waals surface area contributed by atoms with Crippen molar-refractivity contribution in [3.05, 3.63) is 36.5 Å². The summed E-state index contributed by atoms with van der Waals surface area (Å²) in [7, 11) is 0. The first kappa shape index (κ1) is 12.7. The molecule has 0 bridgehead atoms. The highest BCUT2D eigenvalue weighted by Crippen LogP contribution is 2.24. The van der Waals surface area contributed by atoms with Crippen LogP contribution >= 0.6 is 23.2 Å². The number of halogens is 2. The predicted octanol–water partition coefficient (Wildman–Crippen LogP) is 3.95. The van der Waals surface area contributed by atoms with Gasteiger partial charge in [-0.15, -0.1) is 23.2 Å². The van der Waals surface area contributed by atoms with Crippen LogP contribution in [0.5, 0.6) is 0 Å². The molecule has 0 saturated heterocycles. The van der Waals surface area contributed by atoms with Gasteiger partial charge < -0.3 is 4.57 Å². The van der Waals surface area contributed by atoms with E-state index in [1.54, 1.807) is 0 Å². The van der Waals surface area contributed by atoms with Gasteiger partial charge in [0.2, 0.25) is 0 Å². The first-order chi connectivity index (χ1) is 8.21. The lowest BCUT2D eigenvalue weighted by Crippen LogP contribution is -2.09. The fraction of sp³-hybridized carbons (Fsp3) is 0.385. The van der Waals surface area contributed by atoms with Gasteiger partial charge in [-0.2, -0.15) is 0 Å². The number of aromatic nitrogens is 2. The number of fused-ring (bicyclic) bond motifs is 1. The van der Waals surface area contributed by atoms with Crippen molar-refractivity contribution in [2.24, 2.45) is 0 Å². The van der Waals surface area contributed by atoms with Gasteiger partial charge >= 0.3 is 0 Å². The minimum Gasteiger partial charge on any atom is -0.323 e. The number of hydrogen-bond acceptors (Lipinski definition) is 1. The Labute approximate surface area is 112 Å². The van der Waals surface area contributed by atoms with Crippen LogP contribution in [0.3, 0.4) is 0 Å². The molecule has 0 N–H and O–H groups in total. The van der Waals surface area contributed by atoms with Crippen LogP contribution in [0.25, 0.3) is 11.0 Å². The van der Waals surface area contributed by atoms with Crippen molar-refractivity contribution in [3.63, 3.8) is 0 Å². The van der Waals surface area contributed by atoms with Gasteiger partial charge in [-0.3, -0.25) is 0 Å². The Morgan fingerprint density at radius 3 is 2.76 bits per heavy atom. The molecule has 0 aliphatic rings. The second-order valence-corrected chi connectivity index (χ2v) is 4.59. The number of imidazole rings is 1. The van der Waals surface area contributed by atoms with E-state index in [4.69, 9.17) is 23.2 Å². The number of nitrogens with zero attached hydrogens (tertiary/aromatic N) is 2. The molecule has 17 heavy (non-hydrogen) atoms. The Bertz CT molecular complexity index is 519. The standard InChI is InChI=1S/C13H15Cl2N2/c1-3-10-4-5-12-11(6-10)16-13(8-15)17(12)9(2)7-14/h4-6,9H,2-3,7-8H2,1H3. The van der Waals surface area contributed by atoms with Crippen LogP contribution < -0.4 is 0 Å². The Hall–Kier alpha value is -0.730. The molecular weight excluding hydrogens is 255 g/mol. The van der Waals surface area contributed by atoms with Crippen molar-refractivity contribution >= 4 is 34.2 Å². The Kier molecular flexibility index (Phi) is 3.95. The number of aryl methyl sites for hydroxylation is 1. The normalized spacial score (nSPS) is 13.2. The molecule has 0 aliphatic heterocycles. The quantitative estimate of drug-likeness (QED) is 0.769. The molecule has 1 atom stereocenters. The fourth-order valence-electron chi connectivity index (χ4n) is 1.98. The topological polar surface area (TPSA) is 17.8 Å². The highest BCUT2D eigenvalue weighted by Gasteiger charge is 2.14. The molecule has 0 fully saturated rings. The zero-order valence-electron chi connectivity index (χ0n) is 9.79. The van der Waals surface area contributed by atoms with Crippen LogP contribution in [-0.2, 0) is 12.3 Å². The molecular formula is C13H15Cl2N2. The lowest BCUT2D eigenvalue weighted by molar-refractivity contribution is 0.656. The predicted molar refractivity (Wildman–Crippen MR) is 73.8 cm³/mol. The minimum absolute atomic E-state index is 0.0390. The van der Waals surface area contributed by atoms with Crippen molar-refractivity contribution in [2.45, 2.75) is 25.3 Å². The van der Waals surface area contributed by atoms with E-state index in [2.05, 4.69) is 37.0 Å². The summed E-state index contributed by atoms with van der Waals surface area (Å²) in [5, 5.41) is 0. The largest absolute Gasteiger partial charge is 0.323 e. The summed E-state index contributed by atoms with van der Waals surface area (Å²) < 4.78 is 2.02. The third-order valence-corrected chi connectivity index (χ3v) is 3.49. The molecule has 1 aromatic heterocycles. The van der Waals surface area contributed by atoms with Gasteiger partial charge in [0, 0.05) is 11.9 Å². The number of benzene rings is 1. The number of alkyl halides is 2. The molecule has 1 heterocycles. The summed E-state index contributed by atoms with van der Waals surface area (Å²) in [6, 6.07) is 6.24. The maximum atomic E-state index is 5.92. The summed E-state index contributed by atoms with van der Waals surface area (Å²) in [5.74, 6) is 1.65. The van der Waals surface area contributed by atoms with Gasteiger partial charge in [-0.25, -0.2) is 4.98 Å². The third kappa shape index (κ3) is 2.29. The van der Waals surface area contributed by atoms with Gasteiger partial charge in [0.15, 0.2) is 0 Å². The Balaban J connectivity index is 2.63. The van der Waals surface area contributed by atoms with E-state index in [9.17, 15) is 0 Å². The highest BCUT2D eigenvalue weighted by atomic mass is 35.5. The fourth-order valence-corrected chi connectivity index (χ4v) is 2.31. The summed E-state index contributed by atoms with van der Waals surface area (Å²) >= 11 is 11.8. The zero-order valence-corrected chi connectivity index (χ0v) is 11.3. The molecule has 4 heteroatoms. The molecule has 0 amide bonds. The van der Waals surface area contributed by atoms with Crippen molar-refractivity contribution in [1.29, 1.82) is 0 Å². The molecule has 0 aliphatic carbocycles. The summed E-state index contributed by atoms with van der Waals surface area (Å²) in [6.45, 7) is 6.16. The summed E-state index contributed by atoms with van der Waals surface area (Å²) in [6.07, 6.45) is 1.00. The molecule has 0 saturated carbocycles. The van der Waals surface area contributed by atoms with E-state index in [1.165, 1.54) is 5.56 Å². The average Bonchev–Trinajstić information content (AvgIpc) is 2.74. The van der Waals surface area contributed by atoms with Crippen LogP contribution in [0.15, 0.2) is 18.2 Å². The van der Waals surface area contributed by atoms with Gasteiger partial charge in [-0.1, -0.05) is 13.0 Å². The molecule has 2 aromatic rings. The molecule has 1 radical (unpaired) electrons. The zero-order chi connectivity index (χ0) is 12.4. The third-order valence-electron chi connectivity index (χ3n) is 2.90. The van der Waals surface area contributed by atoms with E-state index >= 15 is 0 Å². The smallest absolute Gasteiger partial charge is 0.125 e. The van der Waals surface area contributed by atoms with E-state index in [0.717, 1.165) is 23.3 Å². The molecule has 2 nitrogen and oxygen atoms in total. The van der Waals surface area contributed by atoms with Crippen LogP contribution in [0.2, 0.25) is 0 Å². The lowest BCUT2D eigenvalue weighted by Gasteiger charge is -2.13. The van der Waals surface area contributed by atoms with Crippen molar-refractivity contribution in [3.8, 4) is 0 Å². The van der Waals surface area contributed by atoms with Crippen molar-refractivity contribution in [2.75, 3.05) is 5.88 Å². The Morgan fingerprint density at radius 2 is 2.18 bits per heavy atom.